The highest BCUT2D eigenvalue weighted by atomic mass is 79.9. The third-order valence-corrected chi connectivity index (χ3v) is 5.69. The van der Waals surface area contributed by atoms with Gasteiger partial charge in [-0.05, 0) is 60.3 Å². The number of halogens is 1. The lowest BCUT2D eigenvalue weighted by molar-refractivity contribution is 0.104. The van der Waals surface area contributed by atoms with Crippen LogP contribution < -0.4 is 5.43 Å². The van der Waals surface area contributed by atoms with Gasteiger partial charge in [0.25, 0.3) is 0 Å². The van der Waals surface area contributed by atoms with Crippen molar-refractivity contribution in [2.75, 3.05) is 0 Å². The van der Waals surface area contributed by atoms with Crippen molar-refractivity contribution in [3.63, 3.8) is 0 Å². The van der Waals surface area contributed by atoms with E-state index in [-0.39, 0.29) is 11.2 Å². The van der Waals surface area contributed by atoms with Crippen LogP contribution in [0.2, 0.25) is 0 Å². The molecule has 29 heavy (non-hydrogen) atoms. The second-order valence-electron chi connectivity index (χ2n) is 7.12. The Bertz CT molecular complexity index is 1490. The average molecular weight is 443 g/mol. The fourth-order valence-electron chi connectivity index (χ4n) is 3.78. The van der Waals surface area contributed by atoms with E-state index in [1.54, 1.807) is 24.3 Å². The molecule has 0 aliphatic rings. The van der Waals surface area contributed by atoms with Crippen LogP contribution in [-0.2, 0) is 0 Å². The van der Waals surface area contributed by atoms with Gasteiger partial charge in [-0.2, -0.15) is 0 Å². The molecule has 0 saturated heterocycles. The molecule has 0 aliphatic heterocycles. The molecule has 5 aromatic rings. The highest BCUT2D eigenvalue weighted by molar-refractivity contribution is 9.10. The minimum atomic E-state index is -0.196. The zero-order valence-corrected chi connectivity index (χ0v) is 17.1. The number of hydrogen-bond donors (Lipinski definition) is 0. The van der Waals surface area contributed by atoms with E-state index in [4.69, 9.17) is 4.42 Å². The lowest BCUT2D eigenvalue weighted by atomic mass is 9.96. The molecular formula is C25H15BrO3. The second kappa shape index (κ2) is 6.68. The molecule has 0 N–H and O–H groups in total. The normalized spacial score (nSPS) is 11.4. The van der Waals surface area contributed by atoms with Crippen molar-refractivity contribution in [1.82, 2.24) is 0 Å². The fraction of sp³-hybridized carbons (Fsp3) is 0.0400. The van der Waals surface area contributed by atoms with Crippen LogP contribution in [-0.4, -0.2) is 5.78 Å². The van der Waals surface area contributed by atoms with E-state index in [0.717, 1.165) is 20.8 Å². The summed E-state index contributed by atoms with van der Waals surface area (Å²) in [7, 11) is 0. The zero-order chi connectivity index (χ0) is 20.1. The SMILES string of the molecule is Cc1cc(C(=O)c2ccc(Br)cc2)c2c(=O)c3ccc4ccccc4c3oc2c1. The second-order valence-corrected chi connectivity index (χ2v) is 8.03. The first-order valence-corrected chi connectivity index (χ1v) is 10.0. The number of aryl methyl sites for hydroxylation is 1. The molecule has 3 nitrogen and oxygen atoms in total. The molecule has 0 spiro atoms. The summed E-state index contributed by atoms with van der Waals surface area (Å²) in [6.07, 6.45) is 0. The first-order chi connectivity index (χ1) is 14.0. The van der Waals surface area contributed by atoms with E-state index in [9.17, 15) is 9.59 Å². The van der Waals surface area contributed by atoms with E-state index in [0.29, 0.717) is 33.1 Å². The van der Waals surface area contributed by atoms with Crippen LogP contribution in [0.25, 0.3) is 32.7 Å². The summed E-state index contributed by atoms with van der Waals surface area (Å²) in [6, 6.07) is 22.2. The third kappa shape index (κ3) is 2.88. The Morgan fingerprint density at radius 3 is 2.45 bits per heavy atom. The number of fused-ring (bicyclic) bond motifs is 4. The Hall–Kier alpha value is -3.24. The molecule has 5 rings (SSSR count). The summed E-state index contributed by atoms with van der Waals surface area (Å²) in [5.41, 5.74) is 2.55. The Kier molecular flexibility index (Phi) is 4.10. The first kappa shape index (κ1) is 17.8. The largest absolute Gasteiger partial charge is 0.455 e. The Morgan fingerprint density at radius 2 is 1.66 bits per heavy atom. The van der Waals surface area contributed by atoms with Gasteiger partial charge in [0.05, 0.1) is 10.8 Å². The predicted molar refractivity (Wildman–Crippen MR) is 120 cm³/mol. The van der Waals surface area contributed by atoms with Crippen LogP contribution >= 0.6 is 15.9 Å². The first-order valence-electron chi connectivity index (χ1n) is 9.22. The van der Waals surface area contributed by atoms with Gasteiger partial charge in [0.15, 0.2) is 5.78 Å². The van der Waals surface area contributed by atoms with Crippen molar-refractivity contribution in [2.24, 2.45) is 0 Å². The van der Waals surface area contributed by atoms with Gasteiger partial charge in [0.1, 0.15) is 11.2 Å². The lowest BCUT2D eigenvalue weighted by Gasteiger charge is -2.10. The van der Waals surface area contributed by atoms with Crippen LogP contribution in [0, 0.1) is 6.92 Å². The summed E-state index contributed by atoms with van der Waals surface area (Å²) >= 11 is 3.38. The van der Waals surface area contributed by atoms with E-state index in [1.807, 2.05) is 55.5 Å². The van der Waals surface area contributed by atoms with Crippen molar-refractivity contribution < 1.29 is 9.21 Å². The van der Waals surface area contributed by atoms with E-state index < -0.39 is 0 Å². The topological polar surface area (TPSA) is 47.3 Å². The Morgan fingerprint density at radius 1 is 0.897 bits per heavy atom. The van der Waals surface area contributed by atoms with E-state index in [2.05, 4.69) is 15.9 Å². The molecule has 4 heteroatoms. The molecule has 1 heterocycles. The Labute approximate surface area is 174 Å². The maximum Gasteiger partial charge on any atom is 0.201 e. The summed E-state index contributed by atoms with van der Waals surface area (Å²) < 4.78 is 7.10. The maximum atomic E-state index is 13.4. The molecule has 0 saturated carbocycles. The molecule has 0 aliphatic carbocycles. The standard InChI is InChI=1S/C25H15BrO3/c1-14-12-20(23(27)16-6-9-17(26)10-7-16)22-21(13-14)29-25-18-5-3-2-4-15(18)8-11-19(25)24(22)28/h2-13H,1H3. The van der Waals surface area contributed by atoms with Gasteiger partial charge in [-0.15, -0.1) is 0 Å². The molecule has 0 atom stereocenters. The van der Waals surface area contributed by atoms with Gasteiger partial charge >= 0.3 is 0 Å². The number of ketones is 1. The minimum Gasteiger partial charge on any atom is -0.455 e. The van der Waals surface area contributed by atoms with Crippen LogP contribution in [0.4, 0.5) is 0 Å². The highest BCUT2D eigenvalue weighted by Gasteiger charge is 2.19. The molecule has 4 aromatic carbocycles. The van der Waals surface area contributed by atoms with Gasteiger partial charge in [-0.3, -0.25) is 9.59 Å². The summed E-state index contributed by atoms with van der Waals surface area (Å²) in [6.45, 7) is 1.89. The molecular weight excluding hydrogens is 428 g/mol. The number of benzene rings is 4. The summed E-state index contributed by atoms with van der Waals surface area (Å²) in [5, 5.41) is 2.68. The van der Waals surface area contributed by atoms with E-state index >= 15 is 0 Å². The Balaban J connectivity index is 1.87. The van der Waals surface area contributed by atoms with Gasteiger partial charge in [-0.25, -0.2) is 0 Å². The van der Waals surface area contributed by atoms with Crippen molar-refractivity contribution in [3.05, 3.63) is 104 Å². The fourth-order valence-corrected chi connectivity index (χ4v) is 4.04. The predicted octanol–water partition coefficient (Wildman–Crippen LogP) is 6.40. The van der Waals surface area contributed by atoms with Gasteiger partial charge in [0, 0.05) is 21.0 Å². The molecule has 0 unspecified atom stereocenters. The number of carbonyl (C=O) groups excluding carboxylic acids is 1. The minimum absolute atomic E-state index is 0.188. The van der Waals surface area contributed by atoms with Gasteiger partial charge in [0.2, 0.25) is 5.43 Å². The van der Waals surface area contributed by atoms with Gasteiger partial charge < -0.3 is 4.42 Å². The summed E-state index contributed by atoms with van der Waals surface area (Å²) in [4.78, 5) is 26.7. The molecule has 0 radical (unpaired) electrons. The molecule has 140 valence electrons. The monoisotopic (exact) mass is 442 g/mol. The highest BCUT2D eigenvalue weighted by Crippen LogP contribution is 2.29. The van der Waals surface area contributed by atoms with Crippen LogP contribution in [0.3, 0.4) is 0 Å². The van der Waals surface area contributed by atoms with Crippen LogP contribution in [0.1, 0.15) is 21.5 Å². The lowest BCUT2D eigenvalue weighted by Crippen LogP contribution is -2.11. The quantitative estimate of drug-likeness (QED) is 0.180. The van der Waals surface area contributed by atoms with Crippen molar-refractivity contribution in [1.29, 1.82) is 0 Å². The number of hydrogen-bond acceptors (Lipinski definition) is 3. The van der Waals surface area contributed by atoms with Crippen molar-refractivity contribution in [3.8, 4) is 0 Å². The zero-order valence-electron chi connectivity index (χ0n) is 15.5. The molecule has 0 bridgehead atoms. The van der Waals surface area contributed by atoms with Crippen LogP contribution in [0.15, 0.2) is 86.5 Å². The van der Waals surface area contributed by atoms with Gasteiger partial charge in [-0.1, -0.05) is 46.3 Å². The van der Waals surface area contributed by atoms with Crippen molar-refractivity contribution >= 4 is 54.4 Å². The molecule has 0 amide bonds. The summed E-state index contributed by atoms with van der Waals surface area (Å²) in [5.74, 6) is -0.196. The third-order valence-electron chi connectivity index (χ3n) is 5.16. The number of carbonyl (C=O) groups is 1. The van der Waals surface area contributed by atoms with E-state index in [1.165, 1.54) is 0 Å². The van der Waals surface area contributed by atoms with Crippen LogP contribution in [0.5, 0.6) is 0 Å². The molecule has 0 fully saturated rings. The molecule has 1 aromatic heterocycles. The smallest absolute Gasteiger partial charge is 0.201 e. The van der Waals surface area contributed by atoms with Crippen molar-refractivity contribution in [2.45, 2.75) is 6.92 Å². The average Bonchev–Trinajstić information content (AvgIpc) is 2.73. The maximum absolute atomic E-state index is 13.4. The number of rotatable bonds is 2.